The maximum absolute atomic E-state index is 12.5. The van der Waals surface area contributed by atoms with Gasteiger partial charge in [-0.25, -0.2) is 0 Å². The Morgan fingerprint density at radius 2 is 1.59 bits per heavy atom. The van der Waals surface area contributed by atoms with Gasteiger partial charge in [-0.15, -0.1) is 0 Å². The van der Waals surface area contributed by atoms with Crippen molar-refractivity contribution in [3.63, 3.8) is 0 Å². The van der Waals surface area contributed by atoms with E-state index in [2.05, 4.69) is 10.6 Å². The predicted molar refractivity (Wildman–Crippen MR) is 115 cm³/mol. The van der Waals surface area contributed by atoms with E-state index in [9.17, 15) is 9.59 Å². The lowest BCUT2D eigenvalue weighted by molar-refractivity contribution is 0.0954. The van der Waals surface area contributed by atoms with Crippen molar-refractivity contribution >= 4 is 17.5 Å². The van der Waals surface area contributed by atoms with Gasteiger partial charge in [0, 0.05) is 23.4 Å². The summed E-state index contributed by atoms with van der Waals surface area (Å²) in [6.45, 7) is 2.42. The number of nitrogens with one attached hydrogen (secondary N) is 2. The third-order valence-corrected chi connectivity index (χ3v) is 4.61. The highest BCUT2D eigenvalue weighted by molar-refractivity contribution is 6.06. The minimum atomic E-state index is -0.245. The van der Waals surface area contributed by atoms with E-state index in [1.165, 1.54) is 0 Å². The van der Waals surface area contributed by atoms with Gasteiger partial charge in [0.05, 0.1) is 7.11 Å². The Hall–Kier alpha value is -3.60. The van der Waals surface area contributed by atoms with Crippen LogP contribution in [0.4, 0.5) is 5.69 Å². The van der Waals surface area contributed by atoms with Gasteiger partial charge >= 0.3 is 0 Å². The van der Waals surface area contributed by atoms with Gasteiger partial charge in [0.1, 0.15) is 5.75 Å². The molecule has 5 heteroatoms. The second-order valence-corrected chi connectivity index (χ2v) is 6.71. The molecule has 0 saturated carbocycles. The lowest BCUT2D eigenvalue weighted by Crippen LogP contribution is -2.26. The summed E-state index contributed by atoms with van der Waals surface area (Å²) in [7, 11) is 1.63. The fraction of sp³-hybridized carbons (Fsp3) is 0.167. The molecule has 0 saturated heterocycles. The van der Waals surface area contributed by atoms with Crippen molar-refractivity contribution in [3.8, 4) is 5.75 Å². The molecule has 0 bridgehead atoms. The van der Waals surface area contributed by atoms with Crippen LogP contribution in [0, 0.1) is 6.92 Å². The zero-order valence-corrected chi connectivity index (χ0v) is 16.6. The minimum absolute atomic E-state index is 0.210. The van der Waals surface area contributed by atoms with Gasteiger partial charge in [-0.2, -0.15) is 0 Å². The highest BCUT2D eigenvalue weighted by Crippen LogP contribution is 2.16. The van der Waals surface area contributed by atoms with E-state index in [0.29, 0.717) is 24.1 Å². The van der Waals surface area contributed by atoms with E-state index >= 15 is 0 Å². The van der Waals surface area contributed by atoms with Crippen molar-refractivity contribution in [1.82, 2.24) is 5.32 Å². The van der Waals surface area contributed by atoms with Crippen LogP contribution in [0.25, 0.3) is 0 Å². The summed E-state index contributed by atoms with van der Waals surface area (Å²) in [4.78, 5) is 25.0. The molecule has 0 spiro atoms. The van der Waals surface area contributed by atoms with Crippen molar-refractivity contribution in [3.05, 3.63) is 95.1 Å². The molecule has 0 heterocycles. The van der Waals surface area contributed by atoms with Crippen molar-refractivity contribution in [2.24, 2.45) is 0 Å². The summed E-state index contributed by atoms with van der Waals surface area (Å²) in [6.07, 6.45) is 0.691. The number of carbonyl (C=O) groups excluding carboxylic acids is 2. The van der Waals surface area contributed by atoms with Crippen molar-refractivity contribution in [1.29, 1.82) is 0 Å². The zero-order chi connectivity index (χ0) is 20.6. The molecule has 0 atom stereocenters. The first-order valence-corrected chi connectivity index (χ1v) is 9.45. The first-order valence-electron chi connectivity index (χ1n) is 9.45. The molecule has 0 aliphatic rings. The maximum Gasteiger partial charge on any atom is 0.255 e. The first kappa shape index (κ1) is 20.1. The quantitative estimate of drug-likeness (QED) is 0.637. The van der Waals surface area contributed by atoms with E-state index in [0.717, 1.165) is 22.6 Å². The molecular weight excluding hydrogens is 364 g/mol. The van der Waals surface area contributed by atoms with Crippen molar-refractivity contribution in [2.75, 3.05) is 19.0 Å². The van der Waals surface area contributed by atoms with Crippen LogP contribution < -0.4 is 15.4 Å². The molecule has 0 fully saturated rings. The molecular formula is C24H24N2O3. The lowest BCUT2D eigenvalue weighted by atomic mass is 10.1. The van der Waals surface area contributed by atoms with Crippen LogP contribution in [0.5, 0.6) is 5.75 Å². The third-order valence-electron chi connectivity index (χ3n) is 4.61. The van der Waals surface area contributed by atoms with Crippen LogP contribution in [0.2, 0.25) is 0 Å². The topological polar surface area (TPSA) is 67.4 Å². The molecule has 0 aromatic heterocycles. The monoisotopic (exact) mass is 388 g/mol. The molecule has 3 rings (SSSR count). The molecule has 148 valence electrons. The average Bonchev–Trinajstić information content (AvgIpc) is 2.75. The number of para-hydroxylation sites is 1. The second kappa shape index (κ2) is 9.55. The molecule has 29 heavy (non-hydrogen) atoms. The molecule has 0 aliphatic heterocycles. The molecule has 3 aromatic carbocycles. The van der Waals surface area contributed by atoms with Gasteiger partial charge in [0.2, 0.25) is 0 Å². The van der Waals surface area contributed by atoms with Crippen LogP contribution in [-0.4, -0.2) is 25.5 Å². The van der Waals surface area contributed by atoms with Gasteiger partial charge in [0.25, 0.3) is 11.8 Å². The second-order valence-electron chi connectivity index (χ2n) is 6.71. The summed E-state index contributed by atoms with van der Waals surface area (Å²) in [6, 6.07) is 22.0. The van der Waals surface area contributed by atoms with Crippen LogP contribution in [-0.2, 0) is 6.42 Å². The van der Waals surface area contributed by atoms with E-state index < -0.39 is 0 Å². The predicted octanol–water partition coefficient (Wildman–Crippen LogP) is 4.23. The van der Waals surface area contributed by atoms with E-state index in [4.69, 9.17) is 4.74 Å². The third kappa shape index (κ3) is 5.45. The number of aryl methyl sites for hydroxylation is 1. The number of anilines is 1. The Labute approximate surface area is 170 Å². The smallest absolute Gasteiger partial charge is 0.255 e. The molecule has 5 nitrogen and oxygen atoms in total. The number of methoxy groups -OCH3 is 1. The standard InChI is InChI=1S/C24H24N2O3/c1-17-7-3-4-12-22(17)26-24(28)20-10-6-9-19(16-20)23(27)25-14-13-18-8-5-11-21(15-18)29-2/h3-12,15-16H,13-14H2,1-2H3,(H,25,27)(H,26,28). The SMILES string of the molecule is COc1cccc(CCNC(=O)c2cccc(C(=O)Nc3ccccc3C)c2)c1. The van der Waals surface area contributed by atoms with Crippen LogP contribution >= 0.6 is 0 Å². The molecule has 0 radical (unpaired) electrons. The largest absolute Gasteiger partial charge is 0.497 e. The Morgan fingerprint density at radius 3 is 2.34 bits per heavy atom. The van der Waals surface area contributed by atoms with E-state index in [-0.39, 0.29) is 11.8 Å². The maximum atomic E-state index is 12.5. The van der Waals surface area contributed by atoms with Crippen LogP contribution in [0.1, 0.15) is 31.8 Å². The van der Waals surface area contributed by atoms with E-state index in [1.807, 2.05) is 55.5 Å². The number of hydrogen-bond donors (Lipinski definition) is 2. The number of rotatable bonds is 7. The van der Waals surface area contributed by atoms with Crippen LogP contribution in [0.15, 0.2) is 72.8 Å². The number of hydrogen-bond acceptors (Lipinski definition) is 3. The highest BCUT2D eigenvalue weighted by atomic mass is 16.5. The summed E-state index contributed by atoms with van der Waals surface area (Å²) < 4.78 is 5.21. The number of carbonyl (C=O) groups is 2. The summed E-state index contributed by atoms with van der Waals surface area (Å²) in [5.74, 6) is 0.338. The summed E-state index contributed by atoms with van der Waals surface area (Å²) >= 11 is 0. The number of amides is 2. The average molecular weight is 388 g/mol. The van der Waals surface area contributed by atoms with Crippen LogP contribution in [0.3, 0.4) is 0 Å². The Kier molecular flexibility index (Phi) is 6.63. The molecule has 2 N–H and O–H groups in total. The summed E-state index contributed by atoms with van der Waals surface area (Å²) in [5.41, 5.74) is 3.70. The fourth-order valence-corrected chi connectivity index (χ4v) is 2.96. The summed E-state index contributed by atoms with van der Waals surface area (Å²) in [5, 5.41) is 5.78. The minimum Gasteiger partial charge on any atom is -0.497 e. The van der Waals surface area contributed by atoms with E-state index in [1.54, 1.807) is 31.4 Å². The number of benzene rings is 3. The zero-order valence-electron chi connectivity index (χ0n) is 16.6. The van der Waals surface area contributed by atoms with Gasteiger partial charge in [-0.3, -0.25) is 9.59 Å². The number of ether oxygens (including phenoxy) is 1. The molecule has 3 aromatic rings. The Balaban J connectivity index is 1.60. The van der Waals surface area contributed by atoms with Gasteiger partial charge in [-0.05, 0) is 60.9 Å². The molecule has 2 amide bonds. The first-order chi connectivity index (χ1) is 14.1. The highest BCUT2D eigenvalue weighted by Gasteiger charge is 2.11. The van der Waals surface area contributed by atoms with Crippen molar-refractivity contribution < 1.29 is 14.3 Å². The Bertz CT molecular complexity index is 1010. The fourth-order valence-electron chi connectivity index (χ4n) is 2.96. The lowest BCUT2D eigenvalue weighted by Gasteiger charge is -2.10. The van der Waals surface area contributed by atoms with Gasteiger partial charge < -0.3 is 15.4 Å². The van der Waals surface area contributed by atoms with Crippen molar-refractivity contribution in [2.45, 2.75) is 13.3 Å². The van der Waals surface area contributed by atoms with Gasteiger partial charge in [0.15, 0.2) is 0 Å². The van der Waals surface area contributed by atoms with Gasteiger partial charge in [-0.1, -0.05) is 36.4 Å². The normalized spacial score (nSPS) is 10.3. The molecule has 0 unspecified atom stereocenters. The molecule has 0 aliphatic carbocycles. The Morgan fingerprint density at radius 1 is 0.862 bits per heavy atom.